The van der Waals surface area contributed by atoms with E-state index in [1.165, 1.54) is 0 Å². The zero-order chi connectivity index (χ0) is 9.94. The molecule has 0 atom stereocenters. The number of ether oxygens (including phenoxy) is 1. The Kier molecular flexibility index (Phi) is 8.60. The summed E-state index contributed by atoms with van der Waals surface area (Å²) in [6, 6.07) is 0. The molecule has 4 heteroatoms. The minimum absolute atomic E-state index is 0.711. The fourth-order valence-electron chi connectivity index (χ4n) is 0.673. The van der Waals surface area contributed by atoms with Crippen molar-refractivity contribution >= 4 is 6.72 Å². The Bertz CT molecular complexity index is 157. The van der Waals surface area contributed by atoms with E-state index in [1.807, 2.05) is 20.2 Å². The molecule has 0 aliphatic heterocycles. The van der Waals surface area contributed by atoms with Crippen LogP contribution in [0, 0.1) is 0 Å². The van der Waals surface area contributed by atoms with E-state index in [9.17, 15) is 0 Å². The zero-order valence-corrected chi connectivity index (χ0v) is 8.47. The van der Waals surface area contributed by atoms with E-state index in [1.54, 1.807) is 0 Å². The first-order valence-corrected chi connectivity index (χ1v) is 4.40. The fraction of sp³-hybridized carbons (Fsp3) is 0.667. The van der Waals surface area contributed by atoms with Crippen molar-refractivity contribution in [2.75, 3.05) is 33.4 Å². The molecule has 0 aromatic carbocycles. The van der Waals surface area contributed by atoms with Crippen LogP contribution in [-0.4, -0.2) is 40.1 Å². The normalized spacial score (nSPS) is 11.4. The van der Waals surface area contributed by atoms with Crippen molar-refractivity contribution < 1.29 is 4.74 Å². The molecule has 0 unspecified atom stereocenters. The largest absolute Gasteiger partial charge is 0.387 e. The van der Waals surface area contributed by atoms with Crippen molar-refractivity contribution in [3.05, 3.63) is 11.9 Å². The van der Waals surface area contributed by atoms with Gasteiger partial charge in [0.25, 0.3) is 0 Å². The molecule has 0 radical (unpaired) electrons. The van der Waals surface area contributed by atoms with Gasteiger partial charge in [0.15, 0.2) is 0 Å². The molecule has 0 saturated heterocycles. The second-order valence-electron chi connectivity index (χ2n) is 2.61. The average Bonchev–Trinajstić information content (AvgIpc) is 2.16. The standard InChI is InChI=1S/C9H19N3O/c1-9(11-3)8-12-5-7-13-6-4-10-2/h8,10,12H,3-7H2,1-2H3/b9-8-. The number of likely N-dealkylation sites (N-methyl/N-ethyl adjacent to an activating group) is 1. The number of nitrogens with zero attached hydrogens (tertiary/aromatic N) is 1. The molecule has 0 spiro atoms. The lowest BCUT2D eigenvalue weighted by Gasteiger charge is -2.03. The first kappa shape index (κ1) is 12.1. The molecule has 0 heterocycles. The Hall–Kier alpha value is -0.870. The first-order valence-electron chi connectivity index (χ1n) is 4.40. The third-order valence-corrected chi connectivity index (χ3v) is 1.45. The monoisotopic (exact) mass is 185 g/mol. The highest BCUT2D eigenvalue weighted by Gasteiger charge is 1.85. The molecule has 0 rings (SSSR count). The molecule has 0 aliphatic carbocycles. The van der Waals surface area contributed by atoms with E-state index in [2.05, 4.69) is 22.3 Å². The molecule has 13 heavy (non-hydrogen) atoms. The van der Waals surface area contributed by atoms with Crippen molar-refractivity contribution in [2.24, 2.45) is 4.99 Å². The summed E-state index contributed by atoms with van der Waals surface area (Å²) in [6.07, 6.45) is 1.83. The minimum atomic E-state index is 0.711. The SMILES string of the molecule is C=N/C(C)=C\NCCOCCNC. The Morgan fingerprint density at radius 1 is 1.46 bits per heavy atom. The first-order chi connectivity index (χ1) is 6.31. The van der Waals surface area contributed by atoms with Crippen LogP contribution < -0.4 is 10.6 Å². The van der Waals surface area contributed by atoms with Gasteiger partial charge in [0, 0.05) is 19.3 Å². The Morgan fingerprint density at radius 2 is 2.15 bits per heavy atom. The van der Waals surface area contributed by atoms with Gasteiger partial charge in [0.2, 0.25) is 0 Å². The number of hydrogen-bond donors (Lipinski definition) is 2. The molecule has 2 N–H and O–H groups in total. The highest BCUT2D eigenvalue weighted by atomic mass is 16.5. The average molecular weight is 185 g/mol. The number of hydrogen-bond acceptors (Lipinski definition) is 4. The lowest BCUT2D eigenvalue weighted by atomic mass is 10.5. The van der Waals surface area contributed by atoms with Crippen LogP contribution in [0.2, 0.25) is 0 Å². The fourth-order valence-corrected chi connectivity index (χ4v) is 0.673. The summed E-state index contributed by atoms with van der Waals surface area (Å²) in [5, 5.41) is 6.08. The lowest BCUT2D eigenvalue weighted by molar-refractivity contribution is 0.141. The van der Waals surface area contributed by atoms with Crippen LogP contribution in [0.3, 0.4) is 0 Å². The predicted molar refractivity (Wildman–Crippen MR) is 56.1 cm³/mol. The van der Waals surface area contributed by atoms with Gasteiger partial charge in [0.05, 0.1) is 18.9 Å². The van der Waals surface area contributed by atoms with Crippen molar-refractivity contribution in [1.82, 2.24) is 10.6 Å². The van der Waals surface area contributed by atoms with Crippen LogP contribution in [0.5, 0.6) is 0 Å². The van der Waals surface area contributed by atoms with Gasteiger partial charge in [-0.05, 0) is 20.7 Å². The molecule has 76 valence electrons. The molecule has 0 aromatic heterocycles. The Morgan fingerprint density at radius 3 is 2.77 bits per heavy atom. The van der Waals surface area contributed by atoms with Gasteiger partial charge in [-0.25, -0.2) is 0 Å². The van der Waals surface area contributed by atoms with Crippen LogP contribution in [-0.2, 0) is 4.74 Å². The molecule has 0 aromatic rings. The van der Waals surface area contributed by atoms with E-state index in [0.29, 0.717) is 6.61 Å². The van der Waals surface area contributed by atoms with Crippen molar-refractivity contribution in [3.8, 4) is 0 Å². The number of nitrogens with one attached hydrogen (secondary N) is 2. The molecular formula is C9H19N3O. The van der Waals surface area contributed by atoms with E-state index < -0.39 is 0 Å². The van der Waals surface area contributed by atoms with Crippen molar-refractivity contribution in [1.29, 1.82) is 0 Å². The molecule has 0 amide bonds. The summed E-state index contributed by atoms with van der Waals surface area (Å²) in [6.45, 7) is 8.45. The maximum atomic E-state index is 5.29. The van der Waals surface area contributed by atoms with E-state index in [-0.39, 0.29) is 0 Å². The maximum Gasteiger partial charge on any atom is 0.0639 e. The van der Waals surface area contributed by atoms with Gasteiger partial charge in [-0.15, -0.1) is 0 Å². The van der Waals surface area contributed by atoms with Crippen LogP contribution in [0.1, 0.15) is 6.92 Å². The van der Waals surface area contributed by atoms with Crippen LogP contribution in [0.4, 0.5) is 0 Å². The van der Waals surface area contributed by atoms with Gasteiger partial charge in [0.1, 0.15) is 0 Å². The summed E-state index contributed by atoms with van der Waals surface area (Å²) < 4.78 is 5.29. The third-order valence-electron chi connectivity index (χ3n) is 1.45. The second-order valence-corrected chi connectivity index (χ2v) is 2.61. The van der Waals surface area contributed by atoms with Crippen molar-refractivity contribution in [3.63, 3.8) is 0 Å². The summed E-state index contributed by atoms with van der Waals surface area (Å²) >= 11 is 0. The quantitative estimate of drug-likeness (QED) is 0.424. The highest BCUT2D eigenvalue weighted by molar-refractivity contribution is 5.27. The van der Waals surface area contributed by atoms with Gasteiger partial charge >= 0.3 is 0 Å². The molecule has 0 fully saturated rings. The molecule has 0 aliphatic rings. The van der Waals surface area contributed by atoms with Gasteiger partial charge < -0.3 is 15.4 Å². The van der Waals surface area contributed by atoms with Crippen molar-refractivity contribution in [2.45, 2.75) is 6.92 Å². The van der Waals surface area contributed by atoms with E-state index >= 15 is 0 Å². The van der Waals surface area contributed by atoms with Crippen LogP contribution in [0.15, 0.2) is 16.9 Å². The molecule has 0 saturated carbocycles. The van der Waals surface area contributed by atoms with E-state index in [0.717, 1.165) is 25.4 Å². The van der Waals surface area contributed by atoms with Gasteiger partial charge in [-0.2, -0.15) is 0 Å². The van der Waals surface area contributed by atoms with Crippen LogP contribution in [0.25, 0.3) is 0 Å². The predicted octanol–water partition coefficient (Wildman–Crippen LogP) is 0.374. The summed E-state index contributed by atoms with van der Waals surface area (Å²) in [7, 11) is 1.91. The van der Waals surface area contributed by atoms with Crippen LogP contribution >= 0.6 is 0 Å². The highest BCUT2D eigenvalue weighted by Crippen LogP contribution is 1.87. The third kappa shape index (κ3) is 9.04. The Balaban J connectivity index is 3.12. The summed E-state index contributed by atoms with van der Waals surface area (Å²) in [5.41, 5.74) is 0.884. The minimum Gasteiger partial charge on any atom is -0.387 e. The smallest absolute Gasteiger partial charge is 0.0639 e. The topological polar surface area (TPSA) is 45.7 Å². The number of rotatable bonds is 8. The Labute approximate surface area is 80.1 Å². The number of allylic oxidation sites excluding steroid dienone is 1. The second kappa shape index (κ2) is 9.22. The maximum absolute atomic E-state index is 5.29. The molecular weight excluding hydrogens is 166 g/mol. The summed E-state index contributed by atoms with van der Waals surface area (Å²) in [4.78, 5) is 3.73. The zero-order valence-electron chi connectivity index (χ0n) is 8.47. The number of aliphatic imine (C=N–C) groups is 1. The summed E-state index contributed by atoms with van der Waals surface area (Å²) in [5.74, 6) is 0. The van der Waals surface area contributed by atoms with E-state index in [4.69, 9.17) is 4.74 Å². The lowest BCUT2D eigenvalue weighted by Crippen LogP contribution is -2.19. The van der Waals surface area contributed by atoms with Gasteiger partial charge in [-0.3, -0.25) is 4.99 Å². The molecule has 0 bridgehead atoms. The molecule has 4 nitrogen and oxygen atoms in total. The van der Waals surface area contributed by atoms with Gasteiger partial charge in [-0.1, -0.05) is 0 Å².